The van der Waals surface area contributed by atoms with E-state index in [1.807, 2.05) is 36.4 Å². The van der Waals surface area contributed by atoms with E-state index in [9.17, 15) is 9.90 Å². The van der Waals surface area contributed by atoms with Gasteiger partial charge in [0.05, 0.1) is 25.9 Å². The van der Waals surface area contributed by atoms with Gasteiger partial charge < -0.3 is 14.3 Å². The molecule has 0 unspecified atom stereocenters. The number of rotatable bonds is 6. The molecule has 1 aliphatic heterocycles. The average Bonchev–Trinajstić information content (AvgIpc) is 3.09. The van der Waals surface area contributed by atoms with Gasteiger partial charge in [-0.05, 0) is 15.4 Å². The van der Waals surface area contributed by atoms with Gasteiger partial charge in [0, 0.05) is 6.42 Å². The van der Waals surface area contributed by atoms with E-state index in [1.54, 1.807) is 0 Å². The summed E-state index contributed by atoms with van der Waals surface area (Å²) in [4.78, 5) is 11.9. The summed E-state index contributed by atoms with van der Waals surface area (Å²) in [5, 5.41) is 15.9. The topological polar surface area (TPSA) is 67.8 Å². The summed E-state index contributed by atoms with van der Waals surface area (Å²) in [6.45, 7) is 6.97. The lowest BCUT2D eigenvalue weighted by molar-refractivity contribution is -0.142. The van der Waals surface area contributed by atoms with Crippen LogP contribution in [0.5, 0.6) is 0 Å². The molecule has 1 saturated heterocycles. The molecule has 2 aromatic rings. The fourth-order valence-electron chi connectivity index (χ4n) is 4.29. The number of benzene rings is 2. The molecule has 29 heavy (non-hydrogen) atoms. The Labute approximate surface area is 174 Å². The predicted molar refractivity (Wildman–Crippen MR) is 117 cm³/mol. The SMILES string of the molecule is COC(=O)[C@@H]1C[C@@H](O)[C@@H](CO[Si](c2ccccc2)(c2ccccc2)C(C)(C)C)N1. The normalized spacial score (nSPS) is 22.4. The van der Waals surface area contributed by atoms with E-state index in [0.717, 1.165) is 0 Å². The molecule has 6 heteroatoms. The van der Waals surface area contributed by atoms with Crippen molar-refractivity contribution in [2.75, 3.05) is 13.7 Å². The summed E-state index contributed by atoms with van der Waals surface area (Å²) >= 11 is 0. The zero-order valence-electron chi connectivity index (χ0n) is 17.6. The number of aliphatic hydroxyl groups excluding tert-OH is 1. The lowest BCUT2D eigenvalue weighted by Gasteiger charge is -2.43. The van der Waals surface area contributed by atoms with Gasteiger partial charge in [0.2, 0.25) is 0 Å². The maximum atomic E-state index is 11.9. The fourth-order valence-corrected chi connectivity index (χ4v) is 8.87. The van der Waals surface area contributed by atoms with E-state index in [-0.39, 0.29) is 17.0 Å². The van der Waals surface area contributed by atoms with Crippen LogP contribution in [0, 0.1) is 0 Å². The molecule has 1 aliphatic rings. The molecule has 1 heterocycles. The molecule has 156 valence electrons. The van der Waals surface area contributed by atoms with Crippen molar-refractivity contribution in [3.8, 4) is 0 Å². The zero-order chi connectivity index (χ0) is 21.1. The number of esters is 1. The molecule has 0 aliphatic carbocycles. The summed E-state index contributed by atoms with van der Waals surface area (Å²) in [5.74, 6) is -0.350. The molecular weight excluding hydrogens is 382 g/mol. The Kier molecular flexibility index (Phi) is 6.58. The molecule has 0 aromatic heterocycles. The number of carbonyl (C=O) groups is 1. The molecule has 0 saturated carbocycles. The molecule has 5 nitrogen and oxygen atoms in total. The minimum absolute atomic E-state index is 0.138. The van der Waals surface area contributed by atoms with Crippen LogP contribution in [0.1, 0.15) is 27.2 Å². The number of ether oxygens (including phenoxy) is 1. The molecule has 0 amide bonds. The Morgan fingerprint density at radius 3 is 2.03 bits per heavy atom. The average molecular weight is 414 g/mol. The van der Waals surface area contributed by atoms with Crippen LogP contribution >= 0.6 is 0 Å². The molecular formula is C23H31NO4Si. The van der Waals surface area contributed by atoms with E-state index in [0.29, 0.717) is 13.0 Å². The quantitative estimate of drug-likeness (QED) is 0.559. The van der Waals surface area contributed by atoms with Crippen LogP contribution in [0.4, 0.5) is 0 Å². The number of hydrogen-bond donors (Lipinski definition) is 2. The maximum absolute atomic E-state index is 11.9. The van der Waals surface area contributed by atoms with Crippen molar-refractivity contribution < 1.29 is 19.1 Å². The van der Waals surface area contributed by atoms with E-state index in [1.165, 1.54) is 17.5 Å². The van der Waals surface area contributed by atoms with Gasteiger partial charge in [0.25, 0.3) is 8.32 Å². The lowest BCUT2D eigenvalue weighted by atomic mass is 10.1. The number of carbonyl (C=O) groups excluding carboxylic acids is 1. The van der Waals surface area contributed by atoms with Gasteiger partial charge >= 0.3 is 5.97 Å². The van der Waals surface area contributed by atoms with Crippen LogP contribution in [0.3, 0.4) is 0 Å². The smallest absolute Gasteiger partial charge is 0.322 e. The molecule has 3 atom stereocenters. The second-order valence-corrected chi connectivity index (χ2v) is 12.9. The monoisotopic (exact) mass is 413 g/mol. The van der Waals surface area contributed by atoms with Crippen LogP contribution in [0.15, 0.2) is 60.7 Å². The Morgan fingerprint density at radius 2 is 1.59 bits per heavy atom. The molecule has 2 N–H and O–H groups in total. The fraction of sp³-hybridized carbons (Fsp3) is 0.435. The van der Waals surface area contributed by atoms with Crippen molar-refractivity contribution in [1.82, 2.24) is 5.32 Å². The van der Waals surface area contributed by atoms with E-state index < -0.39 is 20.5 Å². The first-order valence-corrected chi connectivity index (χ1v) is 12.0. The van der Waals surface area contributed by atoms with Gasteiger partial charge in [-0.3, -0.25) is 10.1 Å². The highest BCUT2D eigenvalue weighted by Crippen LogP contribution is 2.37. The maximum Gasteiger partial charge on any atom is 0.322 e. The summed E-state index contributed by atoms with van der Waals surface area (Å²) in [6.07, 6.45) is -0.320. The summed E-state index contributed by atoms with van der Waals surface area (Å²) in [5.41, 5.74) is 0. The van der Waals surface area contributed by atoms with Crippen LogP contribution in [0.25, 0.3) is 0 Å². The second kappa shape index (κ2) is 8.79. The molecule has 2 aromatic carbocycles. The van der Waals surface area contributed by atoms with Gasteiger partial charge in [0.1, 0.15) is 6.04 Å². The summed E-state index contributed by atoms with van der Waals surface area (Å²) in [6, 6.07) is 20.0. The van der Waals surface area contributed by atoms with Gasteiger partial charge in [-0.25, -0.2) is 0 Å². The largest absolute Gasteiger partial charge is 0.468 e. The van der Waals surface area contributed by atoms with Crippen molar-refractivity contribution in [3.05, 3.63) is 60.7 Å². The molecule has 3 rings (SSSR count). The van der Waals surface area contributed by atoms with Crippen molar-refractivity contribution in [1.29, 1.82) is 0 Å². The number of hydrogen-bond acceptors (Lipinski definition) is 5. The number of methoxy groups -OCH3 is 1. The van der Waals surface area contributed by atoms with Crippen LogP contribution in [-0.4, -0.2) is 51.3 Å². The third-order valence-corrected chi connectivity index (χ3v) is 10.7. The molecule has 1 fully saturated rings. The Bertz CT molecular complexity index is 767. The third kappa shape index (κ3) is 4.30. The van der Waals surface area contributed by atoms with Crippen LogP contribution in [0.2, 0.25) is 5.04 Å². The summed E-state index contributed by atoms with van der Waals surface area (Å²) < 4.78 is 11.7. The van der Waals surface area contributed by atoms with E-state index in [2.05, 4.69) is 50.4 Å². The summed E-state index contributed by atoms with van der Waals surface area (Å²) in [7, 11) is -1.31. The van der Waals surface area contributed by atoms with Gasteiger partial charge in [-0.1, -0.05) is 81.4 Å². The highest BCUT2D eigenvalue weighted by Gasteiger charge is 2.51. The van der Waals surface area contributed by atoms with Crippen LogP contribution in [-0.2, 0) is 14.0 Å². The molecule has 0 bridgehead atoms. The Morgan fingerprint density at radius 1 is 1.07 bits per heavy atom. The number of aliphatic hydroxyl groups is 1. The minimum atomic E-state index is -2.67. The first-order valence-electron chi connectivity index (χ1n) is 10.1. The van der Waals surface area contributed by atoms with E-state index >= 15 is 0 Å². The minimum Gasteiger partial charge on any atom is -0.468 e. The zero-order valence-corrected chi connectivity index (χ0v) is 18.6. The van der Waals surface area contributed by atoms with Crippen molar-refractivity contribution in [3.63, 3.8) is 0 Å². The highest BCUT2D eigenvalue weighted by molar-refractivity contribution is 6.99. The molecule has 0 radical (unpaired) electrons. The molecule has 0 spiro atoms. The first kappa shape index (κ1) is 21.7. The number of nitrogens with one attached hydrogen (secondary N) is 1. The van der Waals surface area contributed by atoms with Gasteiger partial charge in [0.15, 0.2) is 0 Å². The highest BCUT2D eigenvalue weighted by atomic mass is 28.4. The second-order valence-electron chi connectivity index (χ2n) is 8.63. The Hall–Kier alpha value is -1.99. The lowest BCUT2D eigenvalue weighted by Crippen LogP contribution is -2.67. The van der Waals surface area contributed by atoms with Crippen molar-refractivity contribution >= 4 is 24.7 Å². The van der Waals surface area contributed by atoms with Crippen molar-refractivity contribution in [2.45, 2.75) is 50.4 Å². The van der Waals surface area contributed by atoms with Gasteiger partial charge in [-0.2, -0.15) is 0 Å². The van der Waals surface area contributed by atoms with Crippen LogP contribution < -0.4 is 15.7 Å². The Balaban J connectivity index is 1.95. The first-order chi connectivity index (χ1) is 13.8. The predicted octanol–water partition coefficient (Wildman–Crippen LogP) is 1.83. The van der Waals surface area contributed by atoms with Gasteiger partial charge in [-0.15, -0.1) is 0 Å². The van der Waals surface area contributed by atoms with Crippen molar-refractivity contribution in [2.24, 2.45) is 0 Å². The third-order valence-electron chi connectivity index (χ3n) is 5.74. The standard InChI is InChI=1S/C23H31NO4Si/c1-23(2,3)29(17-11-7-5-8-12-17,18-13-9-6-10-14-18)28-16-20-21(25)15-19(24-20)22(26)27-4/h5-14,19-21,24-25H,15-16H2,1-4H3/t19-,20+,21+/m0/s1. The van der Waals surface area contributed by atoms with E-state index in [4.69, 9.17) is 9.16 Å².